The average Bonchev–Trinajstić information content (AvgIpc) is 2.93. The van der Waals surface area contributed by atoms with E-state index in [1.807, 2.05) is 42.3 Å². The molecule has 2 rings (SSSR count). The maximum absolute atomic E-state index is 9.52. The van der Waals surface area contributed by atoms with E-state index in [1.54, 1.807) is 0 Å². The lowest BCUT2D eigenvalue weighted by Gasteiger charge is -2.21. The number of allylic oxidation sites excluding steroid dienone is 1. The minimum Gasteiger partial charge on any atom is -0.480 e. The quantitative estimate of drug-likeness (QED) is 0.627. The molecule has 20 heavy (non-hydrogen) atoms. The van der Waals surface area contributed by atoms with Crippen LogP contribution in [0, 0.1) is 5.92 Å². The minimum atomic E-state index is -0.632. The normalized spacial score (nSPS) is 15.7. The zero-order chi connectivity index (χ0) is 14.4. The smallest absolute Gasteiger partial charge is 0.299 e. The molecule has 0 bridgehead atoms. The Kier molecular flexibility index (Phi) is 5.10. The molecule has 0 heterocycles. The number of hydrogen-bond donors (Lipinski definition) is 2. The summed E-state index contributed by atoms with van der Waals surface area (Å²) >= 11 is 0. The molecule has 0 unspecified atom stereocenters. The van der Waals surface area contributed by atoms with Crippen LogP contribution >= 0.6 is 0 Å². The van der Waals surface area contributed by atoms with E-state index in [0.29, 0.717) is 18.2 Å². The summed E-state index contributed by atoms with van der Waals surface area (Å²) in [5, 5.41) is 19.0. The first-order valence-electron chi connectivity index (χ1n) is 7.24. The number of hydrogen-bond acceptors (Lipinski definition) is 3. The highest BCUT2D eigenvalue weighted by molar-refractivity contribution is 5.64. The lowest BCUT2D eigenvalue weighted by molar-refractivity contribution is 0.186. The van der Waals surface area contributed by atoms with Crippen molar-refractivity contribution in [3.05, 3.63) is 54.0 Å². The van der Waals surface area contributed by atoms with E-state index >= 15 is 0 Å². The molecule has 0 spiro atoms. The molecule has 1 aliphatic carbocycles. The van der Waals surface area contributed by atoms with Crippen LogP contribution in [0.2, 0.25) is 0 Å². The number of likely N-dealkylation sites (N-methyl/N-ethyl adjacent to an activating group) is 1. The molecule has 0 radical (unpaired) electrons. The van der Waals surface area contributed by atoms with Crippen LogP contribution in [0.5, 0.6) is 0 Å². The van der Waals surface area contributed by atoms with Crippen molar-refractivity contribution in [3.8, 4) is 0 Å². The Bertz CT molecular complexity index is 469. The number of benzene rings is 1. The summed E-state index contributed by atoms with van der Waals surface area (Å²) < 4.78 is 0. The second kappa shape index (κ2) is 7.04. The third-order valence-electron chi connectivity index (χ3n) is 3.83. The molecule has 1 saturated carbocycles. The zero-order valence-corrected chi connectivity index (χ0v) is 12.0. The molecule has 1 aromatic rings. The lowest BCUT2D eigenvalue weighted by atomic mass is 10.1. The van der Waals surface area contributed by atoms with Crippen molar-refractivity contribution >= 4 is 5.70 Å². The van der Waals surface area contributed by atoms with Crippen LogP contribution < -0.4 is 0 Å². The van der Waals surface area contributed by atoms with Gasteiger partial charge in [0.25, 0.3) is 5.95 Å². The molecular formula is C17H23NO2. The van der Waals surface area contributed by atoms with E-state index in [0.717, 1.165) is 5.56 Å². The number of aliphatic hydroxyl groups is 2. The van der Waals surface area contributed by atoms with Crippen molar-refractivity contribution in [1.29, 1.82) is 0 Å². The summed E-state index contributed by atoms with van der Waals surface area (Å²) in [6.07, 6.45) is 9.62. The van der Waals surface area contributed by atoms with Crippen LogP contribution in [0.4, 0.5) is 0 Å². The van der Waals surface area contributed by atoms with Crippen LogP contribution in [-0.4, -0.2) is 28.7 Å². The molecular weight excluding hydrogens is 250 g/mol. The molecule has 0 aromatic heterocycles. The molecule has 3 heteroatoms. The van der Waals surface area contributed by atoms with Crippen molar-refractivity contribution < 1.29 is 10.2 Å². The Morgan fingerprint density at radius 2 is 1.85 bits per heavy atom. The number of nitrogens with zero attached hydrogens (tertiary/aromatic N) is 1. The predicted molar refractivity (Wildman–Crippen MR) is 82.3 cm³/mol. The van der Waals surface area contributed by atoms with Gasteiger partial charge in [0.15, 0.2) is 0 Å². The van der Waals surface area contributed by atoms with Crippen molar-refractivity contribution in [1.82, 2.24) is 4.90 Å². The van der Waals surface area contributed by atoms with Gasteiger partial charge < -0.3 is 15.1 Å². The van der Waals surface area contributed by atoms with Gasteiger partial charge in [-0.25, -0.2) is 0 Å². The van der Waals surface area contributed by atoms with E-state index in [9.17, 15) is 10.2 Å². The Hall–Kier alpha value is -1.90. The molecule has 108 valence electrons. The van der Waals surface area contributed by atoms with Crippen LogP contribution in [0.1, 0.15) is 31.2 Å². The van der Waals surface area contributed by atoms with Gasteiger partial charge in [-0.05, 0) is 18.8 Å². The van der Waals surface area contributed by atoms with Gasteiger partial charge in [-0.15, -0.1) is 0 Å². The van der Waals surface area contributed by atoms with Gasteiger partial charge in [-0.2, -0.15) is 0 Å². The molecule has 0 saturated heterocycles. The fourth-order valence-electron chi connectivity index (χ4n) is 2.77. The van der Waals surface area contributed by atoms with Gasteiger partial charge in [-0.1, -0.05) is 55.3 Å². The van der Waals surface area contributed by atoms with Crippen molar-refractivity contribution in [2.45, 2.75) is 25.7 Å². The van der Waals surface area contributed by atoms with Gasteiger partial charge in [0.2, 0.25) is 0 Å². The molecule has 0 amide bonds. The second-order valence-electron chi connectivity index (χ2n) is 5.39. The summed E-state index contributed by atoms with van der Waals surface area (Å²) in [4.78, 5) is 1.86. The summed E-state index contributed by atoms with van der Waals surface area (Å²) in [6.45, 7) is 0.672. The van der Waals surface area contributed by atoms with Gasteiger partial charge in [0.1, 0.15) is 5.70 Å². The molecule has 0 aliphatic heterocycles. The standard InChI is InChI=1S/C17H23NO2/c1-18(13-7-10-14-8-5-6-9-14)16(17(19)20)15-11-3-2-4-12-15/h2-4,7,10-12,14,19-20H,5-6,8-9,13H2,1H3/b10-7+. The molecule has 1 aliphatic rings. The summed E-state index contributed by atoms with van der Waals surface area (Å²) in [6, 6.07) is 9.44. The monoisotopic (exact) mass is 273 g/mol. The van der Waals surface area contributed by atoms with Crippen LogP contribution in [0.25, 0.3) is 5.70 Å². The van der Waals surface area contributed by atoms with Gasteiger partial charge in [-0.3, -0.25) is 0 Å². The molecule has 3 nitrogen and oxygen atoms in total. The van der Waals surface area contributed by atoms with Crippen LogP contribution in [-0.2, 0) is 0 Å². The lowest BCUT2D eigenvalue weighted by Crippen LogP contribution is -2.18. The maximum atomic E-state index is 9.52. The summed E-state index contributed by atoms with van der Waals surface area (Å²) in [7, 11) is 1.87. The predicted octanol–water partition coefficient (Wildman–Crippen LogP) is 4.11. The topological polar surface area (TPSA) is 43.7 Å². The highest BCUT2D eigenvalue weighted by Crippen LogP contribution is 2.26. The first-order valence-corrected chi connectivity index (χ1v) is 7.24. The largest absolute Gasteiger partial charge is 0.480 e. The molecule has 0 atom stereocenters. The van der Waals surface area contributed by atoms with Gasteiger partial charge in [0, 0.05) is 19.2 Å². The van der Waals surface area contributed by atoms with E-state index < -0.39 is 5.95 Å². The molecule has 2 N–H and O–H groups in total. The Balaban J connectivity index is 2.01. The van der Waals surface area contributed by atoms with E-state index in [1.165, 1.54) is 25.7 Å². The maximum Gasteiger partial charge on any atom is 0.299 e. The summed E-state index contributed by atoms with van der Waals surface area (Å²) in [5.41, 5.74) is 1.27. The van der Waals surface area contributed by atoms with Crippen molar-refractivity contribution in [3.63, 3.8) is 0 Å². The minimum absolute atomic E-state index is 0.460. The SMILES string of the molecule is CN(C/C=C/C1CCCC1)C(=C(O)O)c1ccccc1. The van der Waals surface area contributed by atoms with Crippen molar-refractivity contribution in [2.75, 3.05) is 13.6 Å². The molecule has 1 fully saturated rings. The Morgan fingerprint density at radius 3 is 2.45 bits per heavy atom. The first kappa shape index (κ1) is 14.5. The van der Waals surface area contributed by atoms with Crippen LogP contribution in [0.3, 0.4) is 0 Å². The van der Waals surface area contributed by atoms with E-state index in [4.69, 9.17) is 0 Å². The molecule has 1 aromatic carbocycles. The van der Waals surface area contributed by atoms with Gasteiger partial charge >= 0.3 is 0 Å². The highest BCUT2D eigenvalue weighted by Gasteiger charge is 2.13. The van der Waals surface area contributed by atoms with Gasteiger partial charge in [0.05, 0.1) is 0 Å². The van der Waals surface area contributed by atoms with E-state index in [2.05, 4.69) is 12.2 Å². The van der Waals surface area contributed by atoms with Crippen LogP contribution in [0.15, 0.2) is 48.4 Å². The van der Waals surface area contributed by atoms with E-state index in [-0.39, 0.29) is 0 Å². The third-order valence-corrected chi connectivity index (χ3v) is 3.83. The highest BCUT2D eigenvalue weighted by atomic mass is 16.5. The van der Waals surface area contributed by atoms with Crippen molar-refractivity contribution in [2.24, 2.45) is 5.92 Å². The zero-order valence-electron chi connectivity index (χ0n) is 12.0. The third kappa shape index (κ3) is 3.80. The number of aliphatic hydroxyl groups excluding tert-OH is 1. The number of rotatable bonds is 5. The fourth-order valence-corrected chi connectivity index (χ4v) is 2.77. The average molecular weight is 273 g/mol. The Morgan fingerprint density at radius 1 is 1.20 bits per heavy atom. The second-order valence-corrected chi connectivity index (χ2v) is 5.39. The Labute approximate surface area is 120 Å². The summed E-state index contributed by atoms with van der Waals surface area (Å²) in [5.74, 6) is 0.0724. The first-order chi connectivity index (χ1) is 9.68. The fraction of sp³-hybridized carbons (Fsp3) is 0.412.